The lowest BCUT2D eigenvalue weighted by atomic mass is 10.0. The molecule has 0 aliphatic carbocycles. The third kappa shape index (κ3) is 22.5. The predicted molar refractivity (Wildman–Crippen MR) is 109 cm³/mol. The molecular formula is C21H40N2O4. The van der Waals surface area contributed by atoms with E-state index in [-0.39, 0.29) is 5.91 Å². The Labute approximate surface area is 164 Å². The van der Waals surface area contributed by atoms with Crippen LogP contribution in [-0.4, -0.2) is 42.9 Å². The fourth-order valence-corrected chi connectivity index (χ4v) is 2.97. The molecule has 158 valence electrons. The first-order valence-corrected chi connectivity index (χ1v) is 10.8. The van der Waals surface area contributed by atoms with Gasteiger partial charge in [0.05, 0.1) is 0 Å². The molecule has 27 heavy (non-hydrogen) atoms. The molecule has 0 spiro atoms. The van der Waals surface area contributed by atoms with E-state index in [0.717, 1.165) is 38.5 Å². The first-order chi connectivity index (χ1) is 13.2. The molecule has 0 heterocycles. The highest BCUT2D eigenvalue weighted by Crippen LogP contribution is 2.12. The molecule has 0 aromatic rings. The van der Waals surface area contributed by atoms with Gasteiger partial charge >= 0.3 is 5.97 Å². The van der Waals surface area contributed by atoms with Crippen molar-refractivity contribution in [3.05, 3.63) is 0 Å². The van der Waals surface area contributed by atoms with E-state index in [2.05, 4.69) is 10.6 Å². The summed E-state index contributed by atoms with van der Waals surface area (Å²) >= 11 is 0. The van der Waals surface area contributed by atoms with Gasteiger partial charge in [0.1, 0.15) is 6.29 Å². The SMILES string of the molecule is O=CCCNCCC(=O)NCCCCCCCCCCCCCCC(=O)O. The lowest BCUT2D eigenvalue weighted by Gasteiger charge is -2.06. The summed E-state index contributed by atoms with van der Waals surface area (Å²) in [5.74, 6) is -0.603. The molecule has 0 saturated carbocycles. The van der Waals surface area contributed by atoms with Gasteiger partial charge in [-0.3, -0.25) is 9.59 Å². The smallest absolute Gasteiger partial charge is 0.303 e. The van der Waals surface area contributed by atoms with Crippen LogP contribution in [0.25, 0.3) is 0 Å². The van der Waals surface area contributed by atoms with Gasteiger partial charge in [0.25, 0.3) is 0 Å². The molecule has 3 N–H and O–H groups in total. The molecular weight excluding hydrogens is 344 g/mol. The molecule has 0 rings (SSSR count). The van der Waals surface area contributed by atoms with E-state index in [1.807, 2.05) is 0 Å². The maximum Gasteiger partial charge on any atom is 0.303 e. The Morgan fingerprint density at radius 1 is 0.667 bits per heavy atom. The second-order valence-corrected chi connectivity index (χ2v) is 7.19. The standard InChI is InChI=1S/C21H40N2O4/c24-19-13-16-22-18-15-20(25)23-17-12-10-8-6-4-2-1-3-5-7-9-11-14-21(26)27/h19,22H,1-18H2,(H,23,25)(H,26,27). The monoisotopic (exact) mass is 384 g/mol. The van der Waals surface area contributed by atoms with Crippen LogP contribution in [0, 0.1) is 0 Å². The van der Waals surface area contributed by atoms with Gasteiger partial charge in [-0.15, -0.1) is 0 Å². The summed E-state index contributed by atoms with van der Waals surface area (Å²) in [7, 11) is 0. The van der Waals surface area contributed by atoms with E-state index < -0.39 is 5.97 Å². The van der Waals surface area contributed by atoms with Crippen LogP contribution in [0.2, 0.25) is 0 Å². The fraction of sp³-hybridized carbons (Fsp3) is 0.857. The van der Waals surface area contributed by atoms with Crippen molar-refractivity contribution in [3.63, 3.8) is 0 Å². The Morgan fingerprint density at radius 2 is 1.19 bits per heavy atom. The molecule has 0 unspecified atom stereocenters. The quantitative estimate of drug-likeness (QED) is 0.206. The molecule has 6 nitrogen and oxygen atoms in total. The minimum Gasteiger partial charge on any atom is -0.481 e. The van der Waals surface area contributed by atoms with Crippen LogP contribution in [0.5, 0.6) is 0 Å². The molecule has 1 amide bonds. The van der Waals surface area contributed by atoms with Gasteiger partial charge in [-0.05, 0) is 12.8 Å². The number of hydrogen-bond donors (Lipinski definition) is 3. The van der Waals surface area contributed by atoms with Gasteiger partial charge in [-0.2, -0.15) is 0 Å². The minimum atomic E-state index is -0.683. The van der Waals surface area contributed by atoms with Gasteiger partial charge in [-0.25, -0.2) is 0 Å². The van der Waals surface area contributed by atoms with Crippen molar-refractivity contribution in [3.8, 4) is 0 Å². The van der Waals surface area contributed by atoms with E-state index in [1.54, 1.807) is 0 Å². The Morgan fingerprint density at radius 3 is 1.70 bits per heavy atom. The molecule has 6 heteroatoms. The van der Waals surface area contributed by atoms with Crippen molar-refractivity contribution < 1.29 is 19.5 Å². The molecule has 0 aliphatic rings. The second kappa shape index (κ2) is 20.9. The van der Waals surface area contributed by atoms with Crippen molar-refractivity contribution in [2.45, 2.75) is 96.3 Å². The summed E-state index contributed by atoms with van der Waals surface area (Å²) in [5.41, 5.74) is 0. The molecule has 0 aromatic carbocycles. The Hall–Kier alpha value is -1.43. The first-order valence-electron chi connectivity index (χ1n) is 10.8. The minimum absolute atomic E-state index is 0.0802. The second-order valence-electron chi connectivity index (χ2n) is 7.19. The van der Waals surface area contributed by atoms with Crippen molar-refractivity contribution in [1.82, 2.24) is 10.6 Å². The Balaban J connectivity index is 3.13. The van der Waals surface area contributed by atoms with E-state index in [1.165, 1.54) is 51.4 Å². The zero-order valence-electron chi connectivity index (χ0n) is 17.0. The van der Waals surface area contributed by atoms with E-state index in [9.17, 15) is 14.4 Å². The van der Waals surface area contributed by atoms with Crippen LogP contribution < -0.4 is 10.6 Å². The van der Waals surface area contributed by atoms with E-state index in [0.29, 0.717) is 32.4 Å². The lowest BCUT2D eigenvalue weighted by molar-refractivity contribution is -0.137. The number of carboxylic acid groups (broad SMARTS) is 1. The van der Waals surface area contributed by atoms with E-state index >= 15 is 0 Å². The van der Waals surface area contributed by atoms with Crippen LogP contribution in [-0.2, 0) is 14.4 Å². The maximum atomic E-state index is 11.6. The van der Waals surface area contributed by atoms with Crippen molar-refractivity contribution in [2.24, 2.45) is 0 Å². The summed E-state index contributed by atoms with van der Waals surface area (Å²) < 4.78 is 0. The molecule has 0 radical (unpaired) electrons. The molecule has 0 bridgehead atoms. The largest absolute Gasteiger partial charge is 0.481 e. The number of amides is 1. The lowest BCUT2D eigenvalue weighted by Crippen LogP contribution is -2.28. The molecule has 0 saturated heterocycles. The number of carboxylic acids is 1. The number of rotatable bonds is 21. The van der Waals surface area contributed by atoms with Gasteiger partial charge in [0.2, 0.25) is 5.91 Å². The molecule has 0 aromatic heterocycles. The van der Waals surface area contributed by atoms with E-state index in [4.69, 9.17) is 5.11 Å². The van der Waals surface area contributed by atoms with Gasteiger partial charge in [0, 0.05) is 38.9 Å². The number of aldehydes is 1. The van der Waals surface area contributed by atoms with Crippen LogP contribution in [0.1, 0.15) is 96.3 Å². The number of hydrogen-bond acceptors (Lipinski definition) is 4. The zero-order valence-corrected chi connectivity index (χ0v) is 17.0. The van der Waals surface area contributed by atoms with Crippen LogP contribution in [0.4, 0.5) is 0 Å². The molecule has 0 atom stereocenters. The van der Waals surface area contributed by atoms with Crippen molar-refractivity contribution >= 4 is 18.2 Å². The van der Waals surface area contributed by atoms with Gasteiger partial charge < -0.3 is 20.5 Å². The van der Waals surface area contributed by atoms with Crippen LogP contribution >= 0.6 is 0 Å². The Bertz CT molecular complexity index is 375. The Kier molecular flexibility index (Phi) is 19.8. The van der Waals surface area contributed by atoms with Crippen LogP contribution in [0.15, 0.2) is 0 Å². The highest BCUT2D eigenvalue weighted by Gasteiger charge is 2.00. The third-order valence-electron chi connectivity index (χ3n) is 4.61. The van der Waals surface area contributed by atoms with Gasteiger partial charge in [-0.1, -0.05) is 64.2 Å². The summed E-state index contributed by atoms with van der Waals surface area (Å²) in [6.45, 7) is 2.03. The van der Waals surface area contributed by atoms with Crippen molar-refractivity contribution in [2.75, 3.05) is 19.6 Å². The number of aliphatic carboxylic acids is 1. The number of nitrogens with one attached hydrogen (secondary N) is 2. The average Bonchev–Trinajstić information content (AvgIpc) is 2.64. The third-order valence-corrected chi connectivity index (χ3v) is 4.61. The maximum absolute atomic E-state index is 11.6. The fourth-order valence-electron chi connectivity index (χ4n) is 2.97. The van der Waals surface area contributed by atoms with Crippen molar-refractivity contribution in [1.29, 1.82) is 0 Å². The van der Waals surface area contributed by atoms with Gasteiger partial charge in [0.15, 0.2) is 0 Å². The normalized spacial score (nSPS) is 10.7. The first kappa shape index (κ1) is 25.6. The number of unbranched alkanes of at least 4 members (excludes halogenated alkanes) is 11. The predicted octanol–water partition coefficient (Wildman–Crippen LogP) is 3.83. The summed E-state index contributed by atoms with van der Waals surface area (Å²) in [5, 5.41) is 14.6. The summed E-state index contributed by atoms with van der Waals surface area (Å²) in [6, 6.07) is 0. The highest BCUT2D eigenvalue weighted by molar-refractivity contribution is 5.76. The molecule has 0 aliphatic heterocycles. The average molecular weight is 385 g/mol. The van der Waals surface area contributed by atoms with Crippen LogP contribution in [0.3, 0.4) is 0 Å². The summed E-state index contributed by atoms with van der Waals surface area (Å²) in [4.78, 5) is 32.1. The zero-order chi connectivity index (χ0) is 20.0. The highest BCUT2D eigenvalue weighted by atomic mass is 16.4. The number of carbonyl (C=O) groups is 3. The number of carbonyl (C=O) groups excluding carboxylic acids is 2. The summed E-state index contributed by atoms with van der Waals surface area (Å²) in [6.07, 6.45) is 16.2. The molecule has 0 fully saturated rings. The topological polar surface area (TPSA) is 95.5 Å².